The number of aliphatic imine (C=N–C) groups is 1. The van der Waals surface area contributed by atoms with E-state index >= 15 is 0 Å². The number of benzene rings is 1. The molecule has 0 fully saturated rings. The van der Waals surface area contributed by atoms with Crippen LogP contribution in [0.5, 0.6) is 5.88 Å². The van der Waals surface area contributed by atoms with Crippen molar-refractivity contribution in [1.29, 1.82) is 0 Å². The second-order valence-electron chi connectivity index (χ2n) is 3.97. The number of aromatic hydroxyl groups is 1. The number of nitrogens with zero attached hydrogens (tertiary/aromatic N) is 1. The Morgan fingerprint density at radius 2 is 1.76 bits per heavy atom. The monoisotopic (exact) mass is 310 g/mol. The van der Waals surface area contributed by atoms with Gasteiger partial charge < -0.3 is 5.11 Å². The number of hydrogen-bond donors (Lipinski definition) is 4. The molecule has 0 aliphatic carbocycles. The molecule has 0 saturated carbocycles. The number of nitrogens with two attached hydrogens (primary N) is 1. The summed E-state index contributed by atoms with van der Waals surface area (Å²) in [6.45, 7) is 0. The fourth-order valence-corrected chi connectivity index (χ4v) is 1.98. The highest BCUT2D eigenvalue weighted by Crippen LogP contribution is 2.15. The van der Waals surface area contributed by atoms with Crippen molar-refractivity contribution in [2.75, 3.05) is 0 Å². The summed E-state index contributed by atoms with van der Waals surface area (Å²) in [5.41, 5.74) is -1.55. The maximum atomic E-state index is 11.4. The van der Waals surface area contributed by atoms with E-state index in [-0.39, 0.29) is 10.5 Å². The average molecular weight is 310 g/mol. The first-order valence-corrected chi connectivity index (χ1v) is 7.04. The molecular weight excluding hydrogens is 300 g/mol. The molecule has 0 saturated heterocycles. The van der Waals surface area contributed by atoms with Gasteiger partial charge in [-0.2, -0.15) is 0 Å². The zero-order chi connectivity index (χ0) is 15.6. The normalized spacial score (nSPS) is 11.9. The molecule has 0 aliphatic rings. The van der Waals surface area contributed by atoms with Crippen LogP contribution in [0.4, 0.5) is 5.69 Å². The highest BCUT2D eigenvalue weighted by molar-refractivity contribution is 7.89. The lowest BCUT2D eigenvalue weighted by Gasteiger charge is -1.99. The predicted octanol–water partition coefficient (Wildman–Crippen LogP) is -0.833. The van der Waals surface area contributed by atoms with E-state index < -0.39 is 27.2 Å². The van der Waals surface area contributed by atoms with Crippen molar-refractivity contribution < 1.29 is 13.5 Å². The molecule has 0 bridgehead atoms. The van der Waals surface area contributed by atoms with Crippen LogP contribution in [0.25, 0.3) is 0 Å². The van der Waals surface area contributed by atoms with Crippen LogP contribution in [-0.4, -0.2) is 29.7 Å². The Kier molecular flexibility index (Phi) is 3.74. The maximum absolute atomic E-state index is 11.4. The summed E-state index contributed by atoms with van der Waals surface area (Å²) in [5, 5.41) is 14.4. The molecule has 1 heterocycles. The lowest BCUT2D eigenvalue weighted by molar-refractivity contribution is 0.447. The molecule has 0 radical (unpaired) electrons. The number of primary sulfonamides is 1. The Morgan fingerprint density at radius 1 is 1.14 bits per heavy atom. The topological polar surface area (TPSA) is 158 Å². The lowest BCUT2D eigenvalue weighted by Crippen LogP contribution is -2.24. The van der Waals surface area contributed by atoms with E-state index in [0.29, 0.717) is 5.69 Å². The fourth-order valence-electron chi connectivity index (χ4n) is 1.46. The van der Waals surface area contributed by atoms with E-state index in [1.54, 1.807) is 0 Å². The first-order chi connectivity index (χ1) is 9.77. The number of nitrogens with one attached hydrogen (secondary N) is 2. The van der Waals surface area contributed by atoms with Gasteiger partial charge in [0.2, 0.25) is 15.9 Å². The molecule has 5 N–H and O–H groups in total. The van der Waals surface area contributed by atoms with E-state index in [1.807, 2.05) is 9.97 Å². The third-order valence-corrected chi connectivity index (χ3v) is 3.40. The molecule has 0 unspecified atom stereocenters. The molecule has 1 aromatic carbocycles. The standard InChI is InChI=1S/C11H10N4O5S/c12-21(19,20)7-3-1-6(2-4-7)13-5-8-9(16)14-11(18)15-10(8)17/h1-5H,(H2,12,19,20)(H3,14,15,16,17,18). The number of aromatic amines is 2. The van der Waals surface area contributed by atoms with Gasteiger partial charge in [-0.1, -0.05) is 0 Å². The zero-order valence-electron chi connectivity index (χ0n) is 10.4. The molecule has 0 aliphatic heterocycles. The van der Waals surface area contributed by atoms with Gasteiger partial charge in [-0.15, -0.1) is 0 Å². The van der Waals surface area contributed by atoms with Crippen LogP contribution in [0.2, 0.25) is 0 Å². The Bertz CT molecular complexity index is 909. The minimum absolute atomic E-state index is 0.0776. The summed E-state index contributed by atoms with van der Waals surface area (Å²) in [6, 6.07) is 5.23. The van der Waals surface area contributed by atoms with Gasteiger partial charge in [0.25, 0.3) is 5.56 Å². The molecular formula is C11H10N4O5S. The van der Waals surface area contributed by atoms with Crippen molar-refractivity contribution in [1.82, 2.24) is 9.97 Å². The third-order valence-electron chi connectivity index (χ3n) is 2.47. The van der Waals surface area contributed by atoms with Crippen LogP contribution < -0.4 is 16.4 Å². The number of aromatic nitrogens is 2. The van der Waals surface area contributed by atoms with Gasteiger partial charge in [-0.25, -0.2) is 18.4 Å². The minimum atomic E-state index is -3.79. The first kappa shape index (κ1) is 14.7. The molecule has 0 amide bonds. The summed E-state index contributed by atoms with van der Waals surface area (Å²) >= 11 is 0. The van der Waals surface area contributed by atoms with Crippen LogP contribution in [0.15, 0.2) is 43.7 Å². The number of hydrogen-bond acceptors (Lipinski definition) is 6. The van der Waals surface area contributed by atoms with Gasteiger partial charge in [0.15, 0.2) is 0 Å². The Hall–Kier alpha value is -2.72. The van der Waals surface area contributed by atoms with Crippen LogP contribution in [-0.2, 0) is 10.0 Å². The summed E-state index contributed by atoms with van der Waals surface area (Å²) in [4.78, 5) is 30.1. The Labute approximate surface area is 117 Å². The minimum Gasteiger partial charge on any atom is -0.494 e. The van der Waals surface area contributed by atoms with Crippen molar-refractivity contribution in [2.45, 2.75) is 4.90 Å². The molecule has 21 heavy (non-hydrogen) atoms. The highest BCUT2D eigenvalue weighted by atomic mass is 32.2. The van der Waals surface area contributed by atoms with Crippen LogP contribution in [0, 0.1) is 0 Å². The van der Waals surface area contributed by atoms with E-state index in [9.17, 15) is 23.1 Å². The summed E-state index contributed by atoms with van der Waals surface area (Å²) < 4.78 is 22.1. The van der Waals surface area contributed by atoms with Gasteiger partial charge in [0.1, 0.15) is 5.56 Å². The molecule has 10 heteroatoms. The highest BCUT2D eigenvalue weighted by Gasteiger charge is 2.07. The molecule has 2 aromatic rings. The summed E-state index contributed by atoms with van der Waals surface area (Å²) in [7, 11) is -3.79. The van der Waals surface area contributed by atoms with Crippen molar-refractivity contribution in [2.24, 2.45) is 10.1 Å². The quantitative estimate of drug-likeness (QED) is 0.543. The van der Waals surface area contributed by atoms with E-state index in [4.69, 9.17) is 5.14 Å². The summed E-state index contributed by atoms with van der Waals surface area (Å²) in [5.74, 6) is -0.617. The van der Waals surface area contributed by atoms with Crippen molar-refractivity contribution in [3.63, 3.8) is 0 Å². The largest absolute Gasteiger partial charge is 0.494 e. The van der Waals surface area contributed by atoms with Gasteiger partial charge in [-0.05, 0) is 24.3 Å². The number of sulfonamides is 1. The van der Waals surface area contributed by atoms with Crippen molar-refractivity contribution in [3.05, 3.63) is 50.7 Å². The second-order valence-corrected chi connectivity index (χ2v) is 5.53. The third kappa shape index (κ3) is 3.43. The molecule has 0 atom stereocenters. The summed E-state index contributed by atoms with van der Waals surface area (Å²) in [6.07, 6.45) is 1.04. The fraction of sp³-hybridized carbons (Fsp3) is 0. The molecule has 1 aromatic heterocycles. The van der Waals surface area contributed by atoms with Crippen LogP contribution >= 0.6 is 0 Å². The van der Waals surface area contributed by atoms with Crippen molar-refractivity contribution in [3.8, 4) is 5.88 Å². The van der Waals surface area contributed by atoms with Crippen LogP contribution in [0.3, 0.4) is 0 Å². The van der Waals surface area contributed by atoms with Gasteiger partial charge in [0.05, 0.1) is 10.6 Å². The Balaban J connectivity index is 2.35. The molecule has 0 spiro atoms. The molecule has 2 rings (SSSR count). The van der Waals surface area contributed by atoms with Gasteiger partial charge in [-0.3, -0.25) is 19.8 Å². The molecule has 110 valence electrons. The van der Waals surface area contributed by atoms with Crippen molar-refractivity contribution >= 4 is 21.9 Å². The van der Waals surface area contributed by atoms with E-state index in [0.717, 1.165) is 6.21 Å². The number of H-pyrrole nitrogens is 2. The van der Waals surface area contributed by atoms with Gasteiger partial charge in [0, 0.05) is 6.21 Å². The van der Waals surface area contributed by atoms with E-state index in [1.165, 1.54) is 24.3 Å². The Morgan fingerprint density at radius 3 is 2.29 bits per heavy atom. The van der Waals surface area contributed by atoms with Crippen LogP contribution in [0.1, 0.15) is 5.56 Å². The maximum Gasteiger partial charge on any atom is 0.328 e. The van der Waals surface area contributed by atoms with Gasteiger partial charge >= 0.3 is 5.69 Å². The first-order valence-electron chi connectivity index (χ1n) is 5.50. The second kappa shape index (κ2) is 5.34. The van der Waals surface area contributed by atoms with E-state index in [2.05, 4.69) is 4.99 Å². The average Bonchev–Trinajstić information content (AvgIpc) is 2.37. The zero-order valence-corrected chi connectivity index (χ0v) is 11.2. The lowest BCUT2D eigenvalue weighted by atomic mass is 10.3. The number of rotatable bonds is 3. The molecule has 9 nitrogen and oxygen atoms in total. The SMILES string of the molecule is NS(=O)(=O)c1ccc(N=Cc2c(O)[nH]c(=O)[nH]c2=O)cc1. The smallest absolute Gasteiger partial charge is 0.328 e. The predicted molar refractivity (Wildman–Crippen MR) is 74.4 cm³/mol.